The van der Waals surface area contributed by atoms with Crippen molar-refractivity contribution in [2.75, 3.05) is 0 Å². The number of fused-ring (bicyclic) bond motifs is 2. The highest BCUT2D eigenvalue weighted by atomic mass is 35.5. The molecule has 0 unspecified atom stereocenters. The van der Waals surface area contributed by atoms with Crippen LogP contribution in [0.15, 0.2) is 73.1 Å². The van der Waals surface area contributed by atoms with Crippen molar-refractivity contribution < 1.29 is 0 Å². The van der Waals surface area contributed by atoms with E-state index >= 15 is 0 Å². The molecule has 0 atom stereocenters. The number of benzene rings is 3. The molecule has 0 radical (unpaired) electrons. The van der Waals surface area contributed by atoms with E-state index in [1.807, 2.05) is 60.9 Å². The quantitative estimate of drug-likeness (QED) is 0.372. The van der Waals surface area contributed by atoms with Gasteiger partial charge in [0.15, 0.2) is 0 Å². The Balaban J connectivity index is 1.84. The standard InChI is InChI=1S/C25H15ClN4/c26-22-4-2-1-3-17(22)25(20-13-29-23-7-5-15(11-27)9-18(20)23)21-14-30-24-8-6-16(12-28)10-19(21)24/h1-10,13-14,25,29-30H. The van der Waals surface area contributed by atoms with Crippen LogP contribution in [0.25, 0.3) is 21.8 Å². The Morgan fingerprint density at radius 2 is 1.23 bits per heavy atom. The van der Waals surface area contributed by atoms with E-state index in [4.69, 9.17) is 11.6 Å². The van der Waals surface area contributed by atoms with Crippen molar-refractivity contribution in [3.63, 3.8) is 0 Å². The maximum Gasteiger partial charge on any atom is 0.0991 e. The lowest BCUT2D eigenvalue weighted by molar-refractivity contribution is 0.998. The third-order valence-electron chi connectivity index (χ3n) is 5.52. The number of nitrogens with one attached hydrogen (secondary N) is 2. The van der Waals surface area contributed by atoms with Crippen molar-refractivity contribution in [2.45, 2.75) is 5.92 Å². The molecule has 0 saturated carbocycles. The maximum absolute atomic E-state index is 9.39. The van der Waals surface area contributed by atoms with Gasteiger partial charge in [-0.15, -0.1) is 0 Å². The molecule has 0 fully saturated rings. The molecule has 0 aliphatic rings. The van der Waals surface area contributed by atoms with Crippen LogP contribution in [0.2, 0.25) is 5.02 Å². The highest BCUT2D eigenvalue weighted by Gasteiger charge is 2.25. The third kappa shape index (κ3) is 2.83. The molecule has 0 spiro atoms. The highest BCUT2D eigenvalue weighted by Crippen LogP contribution is 2.42. The number of H-pyrrole nitrogens is 2. The Labute approximate surface area is 178 Å². The second kappa shape index (κ2) is 7.12. The van der Waals surface area contributed by atoms with Crippen molar-refractivity contribution in [1.29, 1.82) is 10.5 Å². The number of aromatic amines is 2. The summed E-state index contributed by atoms with van der Waals surface area (Å²) in [5.74, 6) is -0.177. The second-order valence-electron chi connectivity index (χ2n) is 7.19. The number of nitriles is 2. The molecule has 5 aromatic rings. The lowest BCUT2D eigenvalue weighted by Crippen LogP contribution is -2.03. The summed E-state index contributed by atoms with van der Waals surface area (Å²) < 4.78 is 0. The Kier molecular flexibility index (Phi) is 4.29. The van der Waals surface area contributed by atoms with E-state index in [-0.39, 0.29) is 5.92 Å². The van der Waals surface area contributed by atoms with E-state index in [2.05, 4.69) is 22.1 Å². The lowest BCUT2D eigenvalue weighted by Gasteiger charge is -2.19. The van der Waals surface area contributed by atoms with Crippen LogP contribution in [0.5, 0.6) is 0 Å². The Morgan fingerprint density at radius 1 is 0.700 bits per heavy atom. The summed E-state index contributed by atoms with van der Waals surface area (Å²) in [6, 6.07) is 23.5. The SMILES string of the molecule is N#Cc1ccc2[nH]cc(C(c3ccccc3Cl)c3c[nH]c4ccc(C#N)cc34)c2c1. The van der Waals surface area contributed by atoms with Gasteiger partial charge in [-0.05, 0) is 59.2 Å². The molecule has 5 heteroatoms. The predicted molar refractivity (Wildman–Crippen MR) is 118 cm³/mol. The van der Waals surface area contributed by atoms with Gasteiger partial charge < -0.3 is 9.97 Å². The van der Waals surface area contributed by atoms with Crippen molar-refractivity contribution in [3.05, 3.63) is 106 Å². The Bertz CT molecular complexity index is 1400. The van der Waals surface area contributed by atoms with Crippen LogP contribution in [0.4, 0.5) is 0 Å². The van der Waals surface area contributed by atoms with Crippen LogP contribution in [0.1, 0.15) is 33.7 Å². The smallest absolute Gasteiger partial charge is 0.0991 e. The van der Waals surface area contributed by atoms with E-state index in [9.17, 15) is 10.5 Å². The van der Waals surface area contributed by atoms with Gasteiger partial charge in [0.05, 0.1) is 23.3 Å². The normalized spacial score (nSPS) is 11.1. The summed E-state index contributed by atoms with van der Waals surface area (Å²) in [6.45, 7) is 0. The monoisotopic (exact) mass is 406 g/mol. The molecule has 30 heavy (non-hydrogen) atoms. The molecule has 0 amide bonds. The van der Waals surface area contributed by atoms with Crippen molar-refractivity contribution >= 4 is 33.4 Å². The second-order valence-corrected chi connectivity index (χ2v) is 7.59. The molecule has 5 rings (SSSR count). The fourth-order valence-electron chi connectivity index (χ4n) is 4.11. The number of nitrogens with zero attached hydrogens (tertiary/aromatic N) is 2. The first-order valence-electron chi connectivity index (χ1n) is 9.46. The molecule has 0 aliphatic carbocycles. The number of aromatic nitrogens is 2. The number of rotatable bonds is 3. The molecular formula is C25H15ClN4. The molecule has 0 bridgehead atoms. The van der Waals surface area contributed by atoms with Gasteiger partial charge in [-0.1, -0.05) is 29.8 Å². The highest BCUT2D eigenvalue weighted by molar-refractivity contribution is 6.31. The zero-order valence-corrected chi connectivity index (χ0v) is 16.5. The zero-order valence-electron chi connectivity index (χ0n) is 15.8. The van der Waals surface area contributed by atoms with Gasteiger partial charge in [0.25, 0.3) is 0 Å². The van der Waals surface area contributed by atoms with Gasteiger partial charge in [-0.25, -0.2) is 0 Å². The van der Waals surface area contributed by atoms with Gasteiger partial charge >= 0.3 is 0 Å². The third-order valence-corrected chi connectivity index (χ3v) is 5.87. The minimum atomic E-state index is -0.177. The Hall–Kier alpha value is -3.99. The fourth-order valence-corrected chi connectivity index (χ4v) is 4.36. The van der Waals surface area contributed by atoms with Gasteiger partial charge in [-0.3, -0.25) is 0 Å². The largest absolute Gasteiger partial charge is 0.361 e. The molecule has 2 N–H and O–H groups in total. The summed E-state index contributed by atoms with van der Waals surface area (Å²) in [7, 11) is 0. The zero-order chi connectivity index (χ0) is 20.7. The minimum Gasteiger partial charge on any atom is -0.361 e. The van der Waals surface area contributed by atoms with E-state index in [1.54, 1.807) is 12.1 Å². The summed E-state index contributed by atoms with van der Waals surface area (Å²) in [4.78, 5) is 6.65. The van der Waals surface area contributed by atoms with Gasteiger partial charge in [0.2, 0.25) is 0 Å². The van der Waals surface area contributed by atoms with Crippen LogP contribution in [-0.2, 0) is 0 Å². The average Bonchev–Trinajstić information content (AvgIpc) is 3.39. The van der Waals surface area contributed by atoms with Crippen LogP contribution < -0.4 is 0 Å². The summed E-state index contributed by atoms with van der Waals surface area (Å²) in [5, 5.41) is 21.4. The predicted octanol–water partition coefficient (Wildman–Crippen LogP) is 6.23. The van der Waals surface area contributed by atoms with Crippen LogP contribution in [0, 0.1) is 22.7 Å². The first-order valence-corrected chi connectivity index (χ1v) is 9.84. The maximum atomic E-state index is 9.39. The van der Waals surface area contributed by atoms with Gasteiger partial charge in [0.1, 0.15) is 0 Å². The lowest BCUT2D eigenvalue weighted by atomic mass is 9.84. The number of hydrogen-bond donors (Lipinski definition) is 2. The molecule has 142 valence electrons. The van der Waals surface area contributed by atoms with E-state index in [1.165, 1.54) is 0 Å². The van der Waals surface area contributed by atoms with Crippen LogP contribution >= 0.6 is 11.6 Å². The average molecular weight is 407 g/mol. The minimum absolute atomic E-state index is 0.177. The molecule has 0 saturated heterocycles. The topological polar surface area (TPSA) is 79.2 Å². The summed E-state index contributed by atoms with van der Waals surface area (Å²) >= 11 is 6.65. The molecule has 2 aromatic heterocycles. The first-order chi connectivity index (χ1) is 14.7. The van der Waals surface area contributed by atoms with Gasteiger partial charge in [0, 0.05) is 45.1 Å². The van der Waals surface area contributed by atoms with Crippen LogP contribution in [0.3, 0.4) is 0 Å². The van der Waals surface area contributed by atoms with E-state index < -0.39 is 0 Å². The summed E-state index contributed by atoms with van der Waals surface area (Å²) in [6.07, 6.45) is 3.96. The van der Waals surface area contributed by atoms with Crippen LogP contribution in [-0.4, -0.2) is 9.97 Å². The van der Waals surface area contributed by atoms with E-state index in [0.717, 1.165) is 38.5 Å². The van der Waals surface area contributed by atoms with E-state index in [0.29, 0.717) is 16.1 Å². The number of hydrogen-bond acceptors (Lipinski definition) is 2. The molecular weight excluding hydrogens is 392 g/mol. The van der Waals surface area contributed by atoms with Crippen molar-refractivity contribution in [1.82, 2.24) is 9.97 Å². The molecule has 2 heterocycles. The molecule has 3 aromatic carbocycles. The summed E-state index contributed by atoms with van der Waals surface area (Å²) in [5.41, 5.74) is 6.14. The van der Waals surface area contributed by atoms with Crippen molar-refractivity contribution in [2.24, 2.45) is 0 Å². The Morgan fingerprint density at radius 3 is 1.73 bits per heavy atom. The van der Waals surface area contributed by atoms with Gasteiger partial charge in [-0.2, -0.15) is 10.5 Å². The molecule has 4 nitrogen and oxygen atoms in total. The van der Waals surface area contributed by atoms with Crippen molar-refractivity contribution in [3.8, 4) is 12.1 Å². The molecule has 0 aliphatic heterocycles. The fraction of sp³-hybridized carbons (Fsp3) is 0.0400. The first kappa shape index (κ1) is 18.1. The number of halogens is 1.